The third-order valence-corrected chi connectivity index (χ3v) is 5.81. The lowest BCUT2D eigenvalue weighted by atomic mass is 10.2. The third-order valence-electron chi connectivity index (χ3n) is 4.05. The van der Waals surface area contributed by atoms with Crippen molar-refractivity contribution >= 4 is 27.2 Å². The first-order chi connectivity index (χ1) is 12.0. The van der Waals surface area contributed by atoms with Crippen LogP contribution in [0.2, 0.25) is 0 Å². The molecule has 3 rings (SSSR count). The van der Waals surface area contributed by atoms with Gasteiger partial charge in [0.2, 0.25) is 0 Å². The first-order valence-electron chi connectivity index (χ1n) is 8.07. The maximum absolute atomic E-state index is 11.8. The zero-order valence-corrected chi connectivity index (χ0v) is 15.3. The molecule has 1 atom stereocenters. The van der Waals surface area contributed by atoms with E-state index < -0.39 is 9.84 Å². The highest BCUT2D eigenvalue weighted by Crippen LogP contribution is 2.18. The number of sulfone groups is 1. The minimum Gasteiger partial charge on any atom is -0.358 e. The van der Waals surface area contributed by atoms with E-state index in [1.165, 1.54) is 5.41 Å². The van der Waals surface area contributed by atoms with Gasteiger partial charge in [-0.25, -0.2) is 8.42 Å². The van der Waals surface area contributed by atoms with Crippen LogP contribution in [0.25, 0.3) is 0 Å². The largest absolute Gasteiger partial charge is 0.358 e. The molecule has 130 valence electrons. The highest BCUT2D eigenvalue weighted by atomic mass is 32.2. The van der Waals surface area contributed by atoms with E-state index in [1.54, 1.807) is 6.08 Å². The average molecular weight is 373 g/mol. The van der Waals surface area contributed by atoms with Crippen LogP contribution in [0, 0.1) is 0 Å². The van der Waals surface area contributed by atoms with Crippen LogP contribution in [0.3, 0.4) is 0 Å². The molecule has 0 saturated carbocycles. The fourth-order valence-corrected chi connectivity index (χ4v) is 4.32. The molecule has 1 aliphatic rings. The van der Waals surface area contributed by atoms with Crippen LogP contribution >= 0.6 is 12.2 Å². The smallest absolute Gasteiger partial charge is 0.173 e. The van der Waals surface area contributed by atoms with E-state index in [2.05, 4.69) is 5.32 Å². The molecule has 4 nitrogen and oxygen atoms in total. The van der Waals surface area contributed by atoms with E-state index in [1.807, 2.05) is 65.6 Å². The summed E-state index contributed by atoms with van der Waals surface area (Å²) in [5, 5.41) is 5.09. The number of thiocarbonyl (C=S) groups is 1. The fraction of sp³-hybridized carbons (Fsp3) is 0.211. The van der Waals surface area contributed by atoms with Gasteiger partial charge in [-0.15, -0.1) is 0 Å². The minimum atomic E-state index is -3.14. The summed E-state index contributed by atoms with van der Waals surface area (Å²) >= 11 is 5.57. The summed E-state index contributed by atoms with van der Waals surface area (Å²) in [4.78, 5) is 1.94. The Morgan fingerprint density at radius 2 is 1.64 bits per heavy atom. The Morgan fingerprint density at radius 3 is 2.20 bits per heavy atom. The molecule has 6 heteroatoms. The van der Waals surface area contributed by atoms with Crippen molar-refractivity contribution in [2.24, 2.45) is 0 Å². The summed E-state index contributed by atoms with van der Waals surface area (Å²) in [6.07, 6.45) is 1.72. The molecule has 0 spiro atoms. The van der Waals surface area contributed by atoms with E-state index >= 15 is 0 Å². The number of rotatable bonds is 5. The van der Waals surface area contributed by atoms with Crippen molar-refractivity contribution in [1.29, 1.82) is 0 Å². The van der Waals surface area contributed by atoms with Gasteiger partial charge >= 0.3 is 0 Å². The van der Waals surface area contributed by atoms with Gasteiger partial charge in [-0.1, -0.05) is 60.7 Å². The quantitative estimate of drug-likeness (QED) is 0.818. The van der Waals surface area contributed by atoms with Crippen molar-refractivity contribution in [1.82, 2.24) is 10.2 Å². The van der Waals surface area contributed by atoms with Crippen LogP contribution in [-0.4, -0.2) is 30.2 Å². The van der Waals surface area contributed by atoms with Gasteiger partial charge in [0.25, 0.3) is 0 Å². The Hall–Kier alpha value is -2.18. The van der Waals surface area contributed by atoms with Crippen LogP contribution in [0.15, 0.2) is 72.1 Å². The van der Waals surface area contributed by atoms with Crippen LogP contribution in [-0.2, 0) is 22.9 Å². The van der Waals surface area contributed by atoms with Gasteiger partial charge < -0.3 is 10.2 Å². The lowest BCUT2D eigenvalue weighted by Crippen LogP contribution is -2.45. The first kappa shape index (κ1) is 17.6. The number of nitrogens with zero attached hydrogens (tertiary/aromatic N) is 1. The molecule has 0 fully saturated rings. The molecule has 1 heterocycles. The van der Waals surface area contributed by atoms with Gasteiger partial charge in [0.1, 0.15) is 0 Å². The molecule has 0 radical (unpaired) electrons. The molecule has 2 aromatic rings. The first-order valence-corrected chi connectivity index (χ1v) is 10.2. The summed E-state index contributed by atoms with van der Waals surface area (Å²) in [5.74, 6) is 0.0625. The van der Waals surface area contributed by atoms with Gasteiger partial charge in [0, 0.05) is 18.5 Å². The monoisotopic (exact) mass is 372 g/mol. The summed E-state index contributed by atoms with van der Waals surface area (Å²) < 4.78 is 23.6. The van der Waals surface area contributed by atoms with E-state index in [0.717, 1.165) is 11.1 Å². The minimum absolute atomic E-state index is 0.0625. The normalized spacial score (nSPS) is 18.0. The second-order valence-electron chi connectivity index (χ2n) is 5.98. The van der Waals surface area contributed by atoms with E-state index in [-0.39, 0.29) is 11.8 Å². The average Bonchev–Trinajstić information content (AvgIpc) is 2.99. The fourth-order valence-electron chi connectivity index (χ4n) is 2.75. The highest BCUT2D eigenvalue weighted by molar-refractivity contribution is 7.94. The summed E-state index contributed by atoms with van der Waals surface area (Å²) in [7, 11) is -3.14. The Balaban J connectivity index is 1.73. The molecule has 0 aromatic heterocycles. The highest BCUT2D eigenvalue weighted by Gasteiger charge is 2.28. The second kappa shape index (κ2) is 7.80. The Bertz CT molecular complexity index is 850. The number of hydrogen-bond donors (Lipinski definition) is 1. The topological polar surface area (TPSA) is 49.4 Å². The molecule has 2 aromatic carbocycles. The lowest BCUT2D eigenvalue weighted by molar-refractivity contribution is 0.368. The van der Waals surface area contributed by atoms with Crippen LogP contribution < -0.4 is 5.32 Å². The van der Waals surface area contributed by atoms with Gasteiger partial charge in [0.15, 0.2) is 14.9 Å². The zero-order valence-electron chi connectivity index (χ0n) is 13.7. The molecule has 1 N–H and O–H groups in total. The molecule has 0 saturated heterocycles. The van der Waals surface area contributed by atoms with Crippen molar-refractivity contribution in [3.05, 3.63) is 83.3 Å². The van der Waals surface area contributed by atoms with Gasteiger partial charge in [-0.05, 0) is 29.4 Å². The van der Waals surface area contributed by atoms with E-state index in [0.29, 0.717) is 18.2 Å². The Labute approximate surface area is 154 Å². The summed E-state index contributed by atoms with van der Waals surface area (Å²) in [6, 6.07) is 19.7. The SMILES string of the molecule is O=S1(=O)C=C[C@@H](N(Cc2ccccc2)C(=S)NCc2ccccc2)C1. The van der Waals surface area contributed by atoms with Gasteiger partial charge in [-0.2, -0.15) is 0 Å². The Morgan fingerprint density at radius 1 is 1.04 bits per heavy atom. The summed E-state index contributed by atoms with van der Waals surface area (Å²) in [6.45, 7) is 1.17. The molecule has 0 aliphatic carbocycles. The Kier molecular flexibility index (Phi) is 5.50. The van der Waals surface area contributed by atoms with Crippen LogP contribution in [0.4, 0.5) is 0 Å². The molecule has 0 bridgehead atoms. The van der Waals surface area contributed by atoms with Crippen LogP contribution in [0.1, 0.15) is 11.1 Å². The molecule has 0 amide bonds. The van der Waals surface area contributed by atoms with Crippen LogP contribution in [0.5, 0.6) is 0 Å². The van der Waals surface area contributed by atoms with Crippen molar-refractivity contribution in [3.63, 3.8) is 0 Å². The van der Waals surface area contributed by atoms with E-state index in [9.17, 15) is 8.42 Å². The van der Waals surface area contributed by atoms with Crippen molar-refractivity contribution in [2.75, 3.05) is 5.75 Å². The molecular weight excluding hydrogens is 352 g/mol. The number of hydrogen-bond acceptors (Lipinski definition) is 3. The summed E-state index contributed by atoms with van der Waals surface area (Å²) in [5.41, 5.74) is 2.21. The van der Waals surface area contributed by atoms with E-state index in [4.69, 9.17) is 12.2 Å². The maximum Gasteiger partial charge on any atom is 0.173 e. The lowest BCUT2D eigenvalue weighted by Gasteiger charge is -2.30. The predicted octanol–water partition coefficient (Wildman–Crippen LogP) is 2.87. The van der Waals surface area contributed by atoms with Crippen molar-refractivity contribution in [3.8, 4) is 0 Å². The number of nitrogens with one attached hydrogen (secondary N) is 1. The maximum atomic E-state index is 11.8. The number of benzene rings is 2. The van der Waals surface area contributed by atoms with Gasteiger partial charge in [0.05, 0.1) is 11.8 Å². The van der Waals surface area contributed by atoms with Gasteiger partial charge in [-0.3, -0.25) is 0 Å². The molecule has 0 unspecified atom stereocenters. The van der Waals surface area contributed by atoms with Crippen molar-refractivity contribution < 1.29 is 8.42 Å². The second-order valence-corrected chi connectivity index (χ2v) is 8.30. The standard InChI is InChI=1S/C19H20N2O2S2/c22-25(23)12-11-18(15-25)21(14-17-9-5-2-6-10-17)19(24)20-13-16-7-3-1-4-8-16/h1-12,18H,13-15H2,(H,20,24)/t18-/m1/s1. The molecular formula is C19H20N2O2S2. The molecule has 25 heavy (non-hydrogen) atoms. The zero-order chi connectivity index (χ0) is 17.7. The molecule has 1 aliphatic heterocycles. The predicted molar refractivity (Wildman–Crippen MR) is 105 cm³/mol. The third kappa shape index (κ3) is 4.90. The van der Waals surface area contributed by atoms with Crippen molar-refractivity contribution in [2.45, 2.75) is 19.1 Å².